The molecule has 0 amide bonds. The number of hydrogen-bond acceptors (Lipinski definition) is 2. The van der Waals surface area contributed by atoms with E-state index in [1.54, 1.807) is 12.5 Å². The number of aromatic nitrogens is 1. The highest BCUT2D eigenvalue weighted by Crippen LogP contribution is 2.11. The van der Waals surface area contributed by atoms with Gasteiger partial charge in [0.15, 0.2) is 7.28 Å². The number of nitrogens with zero attached hydrogens (tertiary/aromatic N) is 1. The average Bonchev–Trinajstić information content (AvgIpc) is 2.75. The van der Waals surface area contributed by atoms with Crippen LogP contribution < -0.4 is 0 Å². The van der Waals surface area contributed by atoms with Crippen molar-refractivity contribution in [2.24, 2.45) is 0 Å². The lowest BCUT2D eigenvalue weighted by Crippen LogP contribution is -1.92. The lowest BCUT2D eigenvalue weighted by Gasteiger charge is -1.95. The predicted octanol–water partition coefficient (Wildman–Crippen LogP) is 2.09. The van der Waals surface area contributed by atoms with Crippen molar-refractivity contribution in [1.29, 1.82) is 0 Å². The van der Waals surface area contributed by atoms with Crippen molar-refractivity contribution in [2.45, 2.75) is 0 Å². The minimum absolute atomic E-state index is 0.696. The van der Waals surface area contributed by atoms with Crippen LogP contribution in [0.15, 0.2) is 59.3 Å². The highest BCUT2D eigenvalue weighted by atomic mass is 16.3. The first kappa shape index (κ1) is 8.82. The lowest BCUT2D eigenvalue weighted by atomic mass is 9.69. The van der Waals surface area contributed by atoms with Crippen LogP contribution in [0.2, 0.25) is 0 Å². The zero-order valence-electron chi connectivity index (χ0n) is 7.76. The number of oxazole rings is 1. The Hall–Kier alpha value is -1.77. The van der Waals surface area contributed by atoms with Gasteiger partial charge in [0.25, 0.3) is 0 Å². The molecule has 1 aromatic heterocycles. The Labute approximate surface area is 83.6 Å². The van der Waals surface area contributed by atoms with Crippen molar-refractivity contribution < 1.29 is 4.42 Å². The molecule has 2 heterocycles. The van der Waals surface area contributed by atoms with E-state index in [-0.39, 0.29) is 0 Å². The molecule has 0 saturated heterocycles. The molecular formula is C11H10BNO. The first-order valence-corrected chi connectivity index (χ1v) is 4.56. The molecule has 1 aromatic rings. The first-order chi connectivity index (χ1) is 6.97. The Morgan fingerprint density at radius 2 is 1.93 bits per heavy atom. The van der Waals surface area contributed by atoms with Crippen LogP contribution >= 0.6 is 0 Å². The average molecular weight is 183 g/mol. The Morgan fingerprint density at radius 1 is 1.07 bits per heavy atom. The number of hydrogen-bond donors (Lipinski definition) is 0. The standard InChI is InChI=1S/C11H10BNO/c1-2-4-6-10(12-7-5-3-1)11-13-8-9-14-11/h1-9,12H. The van der Waals surface area contributed by atoms with E-state index in [1.165, 1.54) is 0 Å². The zero-order chi connectivity index (χ0) is 9.64. The summed E-state index contributed by atoms with van der Waals surface area (Å²) >= 11 is 0. The van der Waals surface area contributed by atoms with E-state index in [0.717, 1.165) is 12.8 Å². The zero-order valence-corrected chi connectivity index (χ0v) is 7.76. The molecule has 2 nitrogen and oxygen atoms in total. The van der Waals surface area contributed by atoms with Gasteiger partial charge in [0.05, 0.1) is 6.20 Å². The van der Waals surface area contributed by atoms with Gasteiger partial charge >= 0.3 is 0 Å². The molecule has 14 heavy (non-hydrogen) atoms. The van der Waals surface area contributed by atoms with E-state index in [9.17, 15) is 0 Å². The molecular weight excluding hydrogens is 173 g/mol. The smallest absolute Gasteiger partial charge is 0.212 e. The number of rotatable bonds is 1. The number of allylic oxidation sites excluding steroid dienone is 6. The van der Waals surface area contributed by atoms with Gasteiger partial charge in [-0.05, 0) is 5.47 Å². The maximum Gasteiger partial charge on any atom is 0.212 e. The molecule has 0 N–H and O–H groups in total. The third-order valence-corrected chi connectivity index (χ3v) is 1.92. The van der Waals surface area contributed by atoms with E-state index in [0.29, 0.717) is 5.89 Å². The Kier molecular flexibility index (Phi) is 2.81. The van der Waals surface area contributed by atoms with Crippen molar-refractivity contribution in [1.82, 2.24) is 4.98 Å². The van der Waals surface area contributed by atoms with Crippen LogP contribution in [0.1, 0.15) is 5.89 Å². The van der Waals surface area contributed by atoms with Gasteiger partial charge in [0.2, 0.25) is 5.89 Å². The summed E-state index contributed by atoms with van der Waals surface area (Å²) in [5, 5.41) is 0. The Bertz CT molecular complexity index is 399. The summed E-state index contributed by atoms with van der Waals surface area (Å²) in [6.45, 7) is 0. The van der Waals surface area contributed by atoms with Crippen LogP contribution in [0, 0.1) is 0 Å². The van der Waals surface area contributed by atoms with Crippen LogP contribution in [0.25, 0.3) is 5.47 Å². The van der Waals surface area contributed by atoms with Crippen LogP contribution in [-0.4, -0.2) is 12.3 Å². The molecule has 0 aromatic carbocycles. The van der Waals surface area contributed by atoms with Gasteiger partial charge in [-0.2, -0.15) is 0 Å². The summed E-state index contributed by atoms with van der Waals surface area (Å²) in [7, 11) is 0.842. The quantitative estimate of drug-likeness (QED) is 0.623. The highest BCUT2D eigenvalue weighted by Gasteiger charge is 2.04. The van der Waals surface area contributed by atoms with Crippen LogP contribution in [0.5, 0.6) is 0 Å². The van der Waals surface area contributed by atoms with Crippen molar-refractivity contribution in [3.63, 3.8) is 0 Å². The second-order valence-electron chi connectivity index (χ2n) is 2.93. The molecule has 0 aliphatic carbocycles. The van der Waals surface area contributed by atoms with E-state index < -0.39 is 0 Å². The summed E-state index contributed by atoms with van der Waals surface area (Å²) in [5.74, 6) is 2.78. The molecule has 1 aliphatic rings. The lowest BCUT2D eigenvalue weighted by molar-refractivity contribution is 0.545. The molecule has 1 aliphatic heterocycles. The summed E-state index contributed by atoms with van der Waals surface area (Å²) in [6, 6.07) is 0. The first-order valence-electron chi connectivity index (χ1n) is 4.56. The molecule has 0 atom stereocenters. The fourth-order valence-corrected chi connectivity index (χ4v) is 1.25. The van der Waals surface area contributed by atoms with E-state index >= 15 is 0 Å². The molecule has 0 radical (unpaired) electrons. The predicted molar refractivity (Wildman–Crippen MR) is 59.0 cm³/mol. The van der Waals surface area contributed by atoms with Crippen LogP contribution in [0.4, 0.5) is 0 Å². The van der Waals surface area contributed by atoms with Gasteiger partial charge in [0, 0.05) is 0 Å². The molecule has 0 spiro atoms. The molecule has 0 saturated carbocycles. The Balaban J connectivity index is 2.26. The second-order valence-corrected chi connectivity index (χ2v) is 2.93. The third kappa shape index (κ3) is 2.13. The summed E-state index contributed by atoms with van der Waals surface area (Å²) in [5.41, 5.74) is 1.09. The summed E-state index contributed by atoms with van der Waals surface area (Å²) < 4.78 is 5.24. The molecule has 0 fully saturated rings. The molecule has 0 bridgehead atoms. The van der Waals surface area contributed by atoms with Gasteiger partial charge in [0.1, 0.15) is 6.26 Å². The fourth-order valence-electron chi connectivity index (χ4n) is 1.25. The SMILES string of the molecule is B1C=CC=CC=CC=C1c1ncco1. The third-order valence-electron chi connectivity index (χ3n) is 1.92. The van der Waals surface area contributed by atoms with Gasteiger partial charge in [-0.25, -0.2) is 4.98 Å². The van der Waals surface area contributed by atoms with E-state index in [2.05, 4.69) is 11.0 Å². The van der Waals surface area contributed by atoms with Gasteiger partial charge in [-0.15, -0.1) is 5.98 Å². The maximum absolute atomic E-state index is 5.24. The largest absolute Gasteiger partial charge is 0.446 e. The molecule has 68 valence electrons. The second kappa shape index (κ2) is 4.47. The minimum atomic E-state index is 0.696. The topological polar surface area (TPSA) is 26.0 Å². The normalized spacial score (nSPS) is 15.3. The highest BCUT2D eigenvalue weighted by molar-refractivity contribution is 6.65. The van der Waals surface area contributed by atoms with E-state index in [4.69, 9.17) is 4.42 Å². The van der Waals surface area contributed by atoms with Crippen molar-refractivity contribution in [2.75, 3.05) is 0 Å². The van der Waals surface area contributed by atoms with Crippen LogP contribution in [-0.2, 0) is 0 Å². The van der Waals surface area contributed by atoms with Crippen molar-refractivity contribution >= 4 is 12.8 Å². The monoisotopic (exact) mass is 183 g/mol. The maximum atomic E-state index is 5.24. The molecule has 2 rings (SSSR count). The fraction of sp³-hybridized carbons (Fsp3) is 0. The summed E-state index contributed by atoms with van der Waals surface area (Å²) in [6.07, 6.45) is 15.3. The van der Waals surface area contributed by atoms with Gasteiger partial charge in [-0.1, -0.05) is 36.5 Å². The summed E-state index contributed by atoms with van der Waals surface area (Å²) in [4.78, 5) is 4.12. The van der Waals surface area contributed by atoms with Crippen molar-refractivity contribution in [3.05, 3.63) is 60.8 Å². The van der Waals surface area contributed by atoms with E-state index in [1.807, 2.05) is 36.5 Å². The van der Waals surface area contributed by atoms with Crippen molar-refractivity contribution in [3.8, 4) is 0 Å². The van der Waals surface area contributed by atoms with Gasteiger partial charge < -0.3 is 4.42 Å². The Morgan fingerprint density at radius 3 is 2.79 bits per heavy atom. The molecule has 0 unspecified atom stereocenters. The minimum Gasteiger partial charge on any atom is -0.446 e. The van der Waals surface area contributed by atoms with Crippen LogP contribution in [0.3, 0.4) is 0 Å². The molecule has 3 heteroatoms. The van der Waals surface area contributed by atoms with Gasteiger partial charge in [-0.3, -0.25) is 0 Å².